The maximum atomic E-state index is 12.1. The third-order valence-electron chi connectivity index (χ3n) is 3.57. The lowest BCUT2D eigenvalue weighted by Gasteiger charge is -2.39. The van der Waals surface area contributed by atoms with Gasteiger partial charge in [0.25, 0.3) is 0 Å². The van der Waals surface area contributed by atoms with E-state index >= 15 is 0 Å². The van der Waals surface area contributed by atoms with Gasteiger partial charge in [-0.25, -0.2) is 4.79 Å². The molecule has 2 aromatic rings. The average molecular weight is 305 g/mol. The fourth-order valence-electron chi connectivity index (χ4n) is 2.44. The molecule has 1 saturated heterocycles. The number of benzene rings is 1. The molecule has 0 spiro atoms. The highest BCUT2D eigenvalue weighted by Crippen LogP contribution is 2.23. The van der Waals surface area contributed by atoms with Crippen LogP contribution in [0.5, 0.6) is 0 Å². The van der Waals surface area contributed by atoms with Gasteiger partial charge in [0.15, 0.2) is 0 Å². The number of amides is 2. The summed E-state index contributed by atoms with van der Waals surface area (Å²) in [6.45, 7) is 4.36. The second kappa shape index (κ2) is 5.77. The monoisotopic (exact) mass is 304 g/mol. The van der Waals surface area contributed by atoms with Crippen molar-refractivity contribution < 1.29 is 4.79 Å². The number of carbonyl (C=O) groups excluding carboxylic acids is 1. The Hall–Kier alpha value is -2.01. The molecule has 0 aliphatic carbocycles. The number of anilines is 1. The van der Waals surface area contributed by atoms with Crippen LogP contribution in [0.25, 0.3) is 0 Å². The molecule has 110 valence electrons. The largest absolute Gasteiger partial charge is 0.324 e. The average Bonchev–Trinajstić information content (AvgIpc) is 2.81. The van der Waals surface area contributed by atoms with E-state index in [0.717, 1.165) is 25.2 Å². The third-order valence-corrected chi connectivity index (χ3v) is 3.90. The molecule has 21 heavy (non-hydrogen) atoms. The van der Waals surface area contributed by atoms with Crippen LogP contribution in [0, 0.1) is 12.8 Å². The number of aryl methyl sites for hydroxylation is 1. The molecule has 1 N–H and O–H groups in total. The molecule has 3 rings (SSSR count). The number of rotatable bonds is 3. The van der Waals surface area contributed by atoms with E-state index in [1.807, 2.05) is 36.1 Å². The second-order valence-electron chi connectivity index (χ2n) is 5.42. The quantitative estimate of drug-likeness (QED) is 0.947. The zero-order valence-corrected chi connectivity index (χ0v) is 12.5. The summed E-state index contributed by atoms with van der Waals surface area (Å²) < 4.78 is 1.93. The summed E-state index contributed by atoms with van der Waals surface area (Å²) in [5.41, 5.74) is 1.80. The number of carbonyl (C=O) groups is 1. The van der Waals surface area contributed by atoms with Gasteiger partial charge < -0.3 is 10.2 Å². The number of urea groups is 1. The molecular formula is C15H17ClN4O. The SMILES string of the molecule is Cc1cnn(CC2CN(C(=O)Nc3ccccc3Cl)C2)c1. The number of aromatic nitrogens is 2. The first-order valence-corrected chi connectivity index (χ1v) is 7.29. The van der Waals surface area contributed by atoms with Crippen molar-refractivity contribution in [2.75, 3.05) is 18.4 Å². The maximum absolute atomic E-state index is 12.1. The van der Waals surface area contributed by atoms with Crippen molar-refractivity contribution in [3.63, 3.8) is 0 Å². The van der Waals surface area contributed by atoms with Gasteiger partial charge in [-0.1, -0.05) is 23.7 Å². The van der Waals surface area contributed by atoms with Gasteiger partial charge in [-0.3, -0.25) is 4.68 Å². The highest BCUT2D eigenvalue weighted by molar-refractivity contribution is 6.33. The van der Waals surface area contributed by atoms with Gasteiger partial charge in [0.1, 0.15) is 0 Å². The van der Waals surface area contributed by atoms with Crippen molar-refractivity contribution in [3.8, 4) is 0 Å². The zero-order valence-electron chi connectivity index (χ0n) is 11.8. The summed E-state index contributed by atoms with van der Waals surface area (Å²) in [5.74, 6) is 0.460. The first kappa shape index (κ1) is 13.9. The van der Waals surface area contributed by atoms with Crippen molar-refractivity contribution >= 4 is 23.3 Å². The van der Waals surface area contributed by atoms with Gasteiger partial charge in [-0.15, -0.1) is 0 Å². The van der Waals surface area contributed by atoms with E-state index < -0.39 is 0 Å². The summed E-state index contributed by atoms with van der Waals surface area (Å²) in [6.07, 6.45) is 3.87. The van der Waals surface area contributed by atoms with Crippen molar-refractivity contribution in [2.45, 2.75) is 13.5 Å². The van der Waals surface area contributed by atoms with Gasteiger partial charge in [0, 0.05) is 31.7 Å². The Morgan fingerprint density at radius 2 is 2.19 bits per heavy atom. The van der Waals surface area contributed by atoms with Crippen LogP contribution in [0.4, 0.5) is 10.5 Å². The van der Waals surface area contributed by atoms with Crippen LogP contribution in [-0.2, 0) is 6.54 Å². The van der Waals surface area contributed by atoms with Gasteiger partial charge in [0.2, 0.25) is 0 Å². The molecular weight excluding hydrogens is 288 g/mol. The molecule has 6 heteroatoms. The minimum atomic E-state index is -0.101. The van der Waals surface area contributed by atoms with E-state index in [1.165, 1.54) is 0 Å². The summed E-state index contributed by atoms with van der Waals surface area (Å²) >= 11 is 6.03. The summed E-state index contributed by atoms with van der Waals surface area (Å²) in [5, 5.41) is 7.65. The molecule has 2 heterocycles. The van der Waals surface area contributed by atoms with E-state index in [1.54, 1.807) is 17.0 Å². The van der Waals surface area contributed by atoms with E-state index in [4.69, 9.17) is 11.6 Å². The Morgan fingerprint density at radius 3 is 2.86 bits per heavy atom. The second-order valence-corrected chi connectivity index (χ2v) is 5.83. The van der Waals surface area contributed by atoms with Gasteiger partial charge in [-0.05, 0) is 24.6 Å². The Labute approximate surface area is 128 Å². The molecule has 0 unspecified atom stereocenters. The van der Waals surface area contributed by atoms with Crippen LogP contribution < -0.4 is 5.32 Å². The van der Waals surface area contributed by atoms with Gasteiger partial charge in [0.05, 0.1) is 16.9 Å². The number of nitrogens with one attached hydrogen (secondary N) is 1. The van der Waals surface area contributed by atoms with E-state index in [2.05, 4.69) is 10.4 Å². The predicted octanol–water partition coefficient (Wildman–Crippen LogP) is 3.01. The van der Waals surface area contributed by atoms with Gasteiger partial charge >= 0.3 is 6.03 Å². The maximum Gasteiger partial charge on any atom is 0.321 e. The van der Waals surface area contributed by atoms with Crippen LogP contribution in [-0.4, -0.2) is 33.8 Å². The molecule has 1 aromatic carbocycles. The third kappa shape index (κ3) is 3.19. The van der Waals surface area contributed by atoms with E-state index in [9.17, 15) is 4.79 Å². The number of hydrogen-bond acceptors (Lipinski definition) is 2. The molecule has 1 fully saturated rings. The summed E-state index contributed by atoms with van der Waals surface area (Å²) in [6, 6.07) is 7.14. The highest BCUT2D eigenvalue weighted by Gasteiger charge is 2.31. The number of para-hydroxylation sites is 1. The molecule has 2 amide bonds. The van der Waals surface area contributed by atoms with E-state index in [0.29, 0.717) is 16.6 Å². The normalized spacial score (nSPS) is 14.9. The van der Waals surface area contributed by atoms with E-state index in [-0.39, 0.29) is 6.03 Å². The summed E-state index contributed by atoms with van der Waals surface area (Å²) in [7, 11) is 0. The smallest absolute Gasteiger partial charge is 0.321 e. The molecule has 0 bridgehead atoms. The lowest BCUT2D eigenvalue weighted by atomic mass is 10.0. The number of halogens is 1. The van der Waals surface area contributed by atoms with Crippen LogP contribution in [0.1, 0.15) is 5.56 Å². The lowest BCUT2D eigenvalue weighted by Crippen LogP contribution is -2.53. The molecule has 1 aliphatic rings. The zero-order chi connectivity index (χ0) is 14.8. The molecule has 1 aromatic heterocycles. The number of nitrogens with zero attached hydrogens (tertiary/aromatic N) is 3. The van der Waals surface area contributed by atoms with Crippen LogP contribution in [0.3, 0.4) is 0 Å². The van der Waals surface area contributed by atoms with Crippen molar-refractivity contribution in [2.24, 2.45) is 5.92 Å². The van der Waals surface area contributed by atoms with Crippen molar-refractivity contribution in [1.29, 1.82) is 0 Å². The molecule has 0 radical (unpaired) electrons. The summed E-state index contributed by atoms with van der Waals surface area (Å²) in [4.78, 5) is 13.9. The lowest BCUT2D eigenvalue weighted by molar-refractivity contribution is 0.117. The van der Waals surface area contributed by atoms with Crippen LogP contribution in [0.15, 0.2) is 36.7 Å². The number of hydrogen-bond donors (Lipinski definition) is 1. The standard InChI is InChI=1S/C15H17ClN4O/c1-11-6-17-20(7-11)10-12-8-19(9-12)15(21)18-14-5-3-2-4-13(14)16/h2-7,12H,8-10H2,1H3,(H,18,21). The first-order valence-electron chi connectivity index (χ1n) is 6.91. The Balaban J connectivity index is 1.49. The Morgan fingerprint density at radius 1 is 1.43 bits per heavy atom. The van der Waals surface area contributed by atoms with Crippen LogP contribution in [0.2, 0.25) is 5.02 Å². The topological polar surface area (TPSA) is 50.2 Å². The fraction of sp³-hybridized carbons (Fsp3) is 0.333. The Kier molecular flexibility index (Phi) is 3.84. The Bertz CT molecular complexity index is 649. The van der Waals surface area contributed by atoms with Crippen LogP contribution >= 0.6 is 11.6 Å². The predicted molar refractivity (Wildman–Crippen MR) is 82.5 cm³/mol. The minimum Gasteiger partial charge on any atom is -0.324 e. The van der Waals surface area contributed by atoms with Crippen molar-refractivity contribution in [1.82, 2.24) is 14.7 Å². The molecule has 5 nitrogen and oxygen atoms in total. The molecule has 0 saturated carbocycles. The number of likely N-dealkylation sites (tertiary alicyclic amines) is 1. The van der Waals surface area contributed by atoms with Gasteiger partial charge in [-0.2, -0.15) is 5.10 Å². The highest BCUT2D eigenvalue weighted by atomic mass is 35.5. The molecule has 0 atom stereocenters. The first-order chi connectivity index (χ1) is 10.1. The molecule has 1 aliphatic heterocycles. The fourth-order valence-corrected chi connectivity index (χ4v) is 2.62. The van der Waals surface area contributed by atoms with Crippen molar-refractivity contribution in [3.05, 3.63) is 47.2 Å². The minimum absolute atomic E-state index is 0.101.